The van der Waals surface area contributed by atoms with E-state index in [0.717, 1.165) is 16.8 Å². The van der Waals surface area contributed by atoms with Crippen molar-refractivity contribution in [2.24, 2.45) is 11.0 Å². The van der Waals surface area contributed by atoms with Gasteiger partial charge in [-0.1, -0.05) is 6.92 Å². The number of hydrazone groups is 1. The van der Waals surface area contributed by atoms with E-state index < -0.39 is 10.8 Å². The van der Waals surface area contributed by atoms with Crippen molar-refractivity contribution in [1.82, 2.24) is 5.43 Å². The molecule has 130 valence electrons. The average molecular weight is 350 g/mol. The molecule has 24 heavy (non-hydrogen) atoms. The third kappa shape index (κ3) is 3.84. The third-order valence-electron chi connectivity index (χ3n) is 3.82. The lowest BCUT2D eigenvalue weighted by Crippen LogP contribution is -2.31. The van der Waals surface area contributed by atoms with Crippen molar-refractivity contribution in [2.75, 3.05) is 20.5 Å². The van der Waals surface area contributed by atoms with E-state index in [2.05, 4.69) is 10.5 Å². The first-order valence-electron chi connectivity index (χ1n) is 7.51. The molecule has 1 heterocycles. The number of carbonyl (C=O) groups excluding carboxylic acids is 1. The number of allylic oxidation sites excluding steroid dienone is 1. The molecular formula is C17H22N2O4S. The van der Waals surface area contributed by atoms with Crippen LogP contribution < -0.4 is 14.9 Å². The Kier molecular flexibility index (Phi) is 5.77. The molecule has 2 unspecified atom stereocenters. The van der Waals surface area contributed by atoms with Crippen LogP contribution in [0.4, 0.5) is 0 Å². The largest absolute Gasteiger partial charge is 0.495 e. The Bertz CT molecular complexity index is 715. The topological polar surface area (TPSA) is 77.0 Å². The van der Waals surface area contributed by atoms with E-state index in [1.807, 2.05) is 32.1 Å². The van der Waals surface area contributed by atoms with Gasteiger partial charge in [0.25, 0.3) is 0 Å². The molecule has 1 amide bonds. The maximum absolute atomic E-state index is 11.9. The van der Waals surface area contributed by atoms with Crippen molar-refractivity contribution in [1.29, 1.82) is 0 Å². The highest BCUT2D eigenvalue weighted by atomic mass is 32.2. The lowest BCUT2D eigenvalue weighted by molar-refractivity contribution is -0.121. The average Bonchev–Trinajstić information content (AvgIpc) is 2.53. The minimum atomic E-state index is -1.23. The van der Waals surface area contributed by atoms with E-state index in [1.165, 1.54) is 14.2 Å². The number of nitrogens with zero attached hydrogens (tertiary/aromatic N) is 1. The Morgan fingerprint density at radius 1 is 1.33 bits per heavy atom. The van der Waals surface area contributed by atoms with Crippen molar-refractivity contribution in [3.63, 3.8) is 0 Å². The number of hydrogen-bond donors (Lipinski definition) is 1. The summed E-state index contributed by atoms with van der Waals surface area (Å²) in [5, 5.41) is 4.16. The van der Waals surface area contributed by atoms with Gasteiger partial charge in [0, 0.05) is 18.6 Å². The second-order valence-corrected chi connectivity index (χ2v) is 6.99. The SMILES string of the molecule is COc1cc(C=C(C)C2=NNC(=O)CC2C)cc(OC)c1S(C)=O. The van der Waals surface area contributed by atoms with Crippen LogP contribution >= 0.6 is 0 Å². The lowest BCUT2D eigenvalue weighted by atomic mass is 9.93. The van der Waals surface area contributed by atoms with E-state index in [0.29, 0.717) is 22.8 Å². The van der Waals surface area contributed by atoms with Crippen molar-refractivity contribution >= 4 is 28.5 Å². The molecule has 0 aromatic heterocycles. The molecule has 0 radical (unpaired) electrons. The Balaban J connectivity index is 2.45. The highest BCUT2D eigenvalue weighted by Gasteiger charge is 2.21. The van der Waals surface area contributed by atoms with Gasteiger partial charge >= 0.3 is 0 Å². The number of amides is 1. The second-order valence-electron chi connectivity index (χ2n) is 5.67. The molecule has 2 atom stereocenters. The molecule has 0 saturated carbocycles. The molecule has 0 spiro atoms. The normalized spacial score (nSPS) is 19.4. The maximum Gasteiger partial charge on any atom is 0.240 e. The van der Waals surface area contributed by atoms with Gasteiger partial charge in [-0.25, -0.2) is 5.43 Å². The molecule has 1 aliphatic rings. The fourth-order valence-electron chi connectivity index (χ4n) is 2.72. The first kappa shape index (κ1) is 18.2. The molecule has 1 aromatic carbocycles. The summed E-state index contributed by atoms with van der Waals surface area (Å²) in [5.74, 6) is 1.01. The number of hydrogen-bond acceptors (Lipinski definition) is 5. The Morgan fingerprint density at radius 2 is 1.92 bits per heavy atom. The predicted octanol–water partition coefficient (Wildman–Crippen LogP) is 2.36. The summed E-state index contributed by atoms with van der Waals surface area (Å²) >= 11 is 0. The number of nitrogens with one attached hydrogen (secondary N) is 1. The summed E-state index contributed by atoms with van der Waals surface area (Å²) in [6, 6.07) is 3.63. The Labute approximate surface area is 144 Å². The minimum Gasteiger partial charge on any atom is -0.495 e. The Morgan fingerprint density at radius 3 is 2.38 bits per heavy atom. The molecule has 1 aromatic rings. The van der Waals surface area contributed by atoms with Gasteiger partial charge in [0.1, 0.15) is 16.4 Å². The molecule has 7 heteroatoms. The van der Waals surface area contributed by atoms with Crippen molar-refractivity contribution < 1.29 is 18.5 Å². The van der Waals surface area contributed by atoms with Gasteiger partial charge < -0.3 is 9.47 Å². The summed E-state index contributed by atoms with van der Waals surface area (Å²) in [7, 11) is 1.84. The van der Waals surface area contributed by atoms with Gasteiger partial charge in [-0.3, -0.25) is 9.00 Å². The molecule has 1 aliphatic heterocycles. The zero-order valence-corrected chi connectivity index (χ0v) is 15.3. The van der Waals surface area contributed by atoms with E-state index >= 15 is 0 Å². The summed E-state index contributed by atoms with van der Waals surface area (Å²) in [4.78, 5) is 11.9. The summed E-state index contributed by atoms with van der Waals surface area (Å²) in [5.41, 5.74) is 5.15. The van der Waals surface area contributed by atoms with Crippen LogP contribution in [0.15, 0.2) is 27.7 Å². The first-order chi connectivity index (χ1) is 11.4. The summed E-state index contributed by atoms with van der Waals surface area (Å²) in [6.07, 6.45) is 3.95. The van der Waals surface area contributed by atoms with Gasteiger partial charge in [-0.15, -0.1) is 0 Å². The highest BCUT2D eigenvalue weighted by molar-refractivity contribution is 7.84. The maximum atomic E-state index is 11.9. The monoisotopic (exact) mass is 350 g/mol. The van der Waals surface area contributed by atoms with Crippen LogP contribution in [0.25, 0.3) is 6.08 Å². The Hall–Kier alpha value is -2.15. The number of rotatable bonds is 5. The minimum absolute atomic E-state index is 0.0567. The third-order valence-corrected chi connectivity index (χ3v) is 4.79. The van der Waals surface area contributed by atoms with Gasteiger partial charge in [-0.05, 0) is 36.3 Å². The lowest BCUT2D eigenvalue weighted by Gasteiger charge is -2.19. The van der Waals surface area contributed by atoms with Gasteiger partial charge in [-0.2, -0.15) is 5.10 Å². The standard InChI is InChI=1S/C17H22N2O4S/c1-10(16-11(2)7-15(20)18-19-16)6-12-8-13(22-3)17(24(5)21)14(9-12)23-4/h6,8-9,11H,7H2,1-5H3,(H,18,20). The van der Waals surface area contributed by atoms with Gasteiger partial charge in [0.2, 0.25) is 5.91 Å². The van der Waals surface area contributed by atoms with Crippen molar-refractivity contribution in [3.8, 4) is 11.5 Å². The zero-order chi connectivity index (χ0) is 17.9. The van der Waals surface area contributed by atoms with Crippen LogP contribution in [0, 0.1) is 5.92 Å². The fourth-order valence-corrected chi connectivity index (χ4v) is 3.57. The van der Waals surface area contributed by atoms with Crippen LogP contribution in [0.2, 0.25) is 0 Å². The molecule has 6 nitrogen and oxygen atoms in total. The fraction of sp³-hybridized carbons (Fsp3) is 0.412. The van der Waals surface area contributed by atoms with E-state index in [1.54, 1.807) is 6.26 Å². The van der Waals surface area contributed by atoms with Crippen LogP contribution in [-0.2, 0) is 15.6 Å². The number of ether oxygens (including phenoxy) is 2. The molecule has 0 saturated heterocycles. The molecule has 1 N–H and O–H groups in total. The molecule has 0 aliphatic carbocycles. The van der Waals surface area contributed by atoms with Crippen LogP contribution in [0.1, 0.15) is 25.8 Å². The molecule has 0 fully saturated rings. The molecular weight excluding hydrogens is 328 g/mol. The smallest absolute Gasteiger partial charge is 0.240 e. The predicted molar refractivity (Wildman–Crippen MR) is 94.9 cm³/mol. The number of benzene rings is 1. The van der Waals surface area contributed by atoms with Crippen LogP contribution in [0.5, 0.6) is 11.5 Å². The van der Waals surface area contributed by atoms with Crippen LogP contribution in [-0.4, -0.2) is 36.3 Å². The summed E-state index contributed by atoms with van der Waals surface area (Å²) < 4.78 is 22.7. The quantitative estimate of drug-likeness (QED) is 0.884. The first-order valence-corrected chi connectivity index (χ1v) is 9.07. The van der Waals surface area contributed by atoms with Gasteiger partial charge in [0.15, 0.2) is 0 Å². The molecule has 2 rings (SSSR count). The van der Waals surface area contributed by atoms with Crippen LogP contribution in [0.3, 0.4) is 0 Å². The van der Waals surface area contributed by atoms with E-state index in [-0.39, 0.29) is 11.8 Å². The van der Waals surface area contributed by atoms with Crippen molar-refractivity contribution in [2.45, 2.75) is 25.2 Å². The van der Waals surface area contributed by atoms with Gasteiger partial charge in [0.05, 0.1) is 30.7 Å². The van der Waals surface area contributed by atoms with Crippen molar-refractivity contribution in [3.05, 3.63) is 23.3 Å². The molecule has 0 bridgehead atoms. The second kappa shape index (κ2) is 7.61. The van der Waals surface area contributed by atoms with E-state index in [4.69, 9.17) is 9.47 Å². The summed E-state index contributed by atoms with van der Waals surface area (Å²) in [6.45, 7) is 3.91. The van der Waals surface area contributed by atoms with E-state index in [9.17, 15) is 9.00 Å². The highest BCUT2D eigenvalue weighted by Crippen LogP contribution is 2.34. The zero-order valence-electron chi connectivity index (χ0n) is 14.5. The number of carbonyl (C=O) groups is 1. The number of methoxy groups -OCH3 is 2.